The molecule has 0 saturated heterocycles. The minimum atomic E-state index is -1.74. The van der Waals surface area contributed by atoms with Crippen LogP contribution in [0.1, 0.15) is 169 Å². The fraction of sp³-hybridized carbons (Fsp3) is 0.368. The number of ether oxygens (including phenoxy) is 4. The molecule has 8 aliphatic carbocycles. The maximum Gasteiger partial charge on any atom is 0.315 e. The molecule has 0 saturated carbocycles. The van der Waals surface area contributed by atoms with Gasteiger partial charge in [0.25, 0.3) is 0 Å². The van der Waals surface area contributed by atoms with E-state index in [0.29, 0.717) is 33.5 Å². The Morgan fingerprint density at radius 3 is 0.784 bits per heavy atom. The van der Waals surface area contributed by atoms with Gasteiger partial charge in [0.15, 0.2) is 23.0 Å². The molecule has 4 aromatic rings. The second-order valence-electron chi connectivity index (χ2n) is 30.1. The second-order valence-corrected chi connectivity index (χ2v) is 30.1. The smallest absolute Gasteiger partial charge is 0.315 e. The summed E-state index contributed by atoms with van der Waals surface area (Å²) in [6.45, 7) is 32.6. The molecule has 0 aromatic carbocycles. The molecule has 8 aliphatic rings. The Hall–Kier alpha value is -8.64. The number of hydrogen-bond acceptors (Lipinski definition) is 12. The molecule has 2 unspecified atom stereocenters. The molecule has 88 heavy (non-hydrogen) atoms. The maximum atomic E-state index is 15.9. The van der Waals surface area contributed by atoms with Crippen LogP contribution >= 0.6 is 0 Å². The first-order valence-electron chi connectivity index (χ1n) is 30.6. The van der Waals surface area contributed by atoms with Crippen molar-refractivity contribution in [2.45, 2.75) is 124 Å². The van der Waals surface area contributed by atoms with Gasteiger partial charge in [-0.15, -0.1) is 0 Å². The first-order valence-corrected chi connectivity index (χ1v) is 30.6. The van der Waals surface area contributed by atoms with Crippen LogP contribution < -0.4 is 42.3 Å². The lowest BCUT2D eigenvalue weighted by Crippen LogP contribution is -2.38. The van der Waals surface area contributed by atoms with Crippen molar-refractivity contribution in [2.75, 3.05) is 0 Å². The minimum absolute atomic E-state index is 0.127. The van der Waals surface area contributed by atoms with Crippen LogP contribution in [0.25, 0.3) is 95.9 Å². The number of esters is 4. The standard InChI is InChI=1S/C76H78N4O8/c1-69(2)21-17-43-25-47-31-73(9,10)39-57(63(47)77-53(43)35-69)85-61(81)29-51(67(83)87-59-41-75(13,14)33-49-27-45-19-23-71(5,6)37-55(45)79-65(49)59)52(68(84)88-60-42-76(15,16)34-50-28-46-20-24-72(7,8)38-56(46)80-66(50)60)30-62(82)86-58-40-74(11,12)32-48-26-44-18-22-70(3,4)36-54(44)78-64(48)58/h17-28,31-42,51-52H,29-30H2,1-16H3. The number of hydrogen-bond donors (Lipinski definition) is 0. The molecule has 4 aromatic heterocycles. The predicted octanol–water partition coefficient (Wildman–Crippen LogP) is 9.53. The molecule has 0 N–H and O–H groups in total. The fourth-order valence-corrected chi connectivity index (χ4v) is 12.8. The zero-order valence-corrected chi connectivity index (χ0v) is 53.5. The molecule has 450 valence electrons. The summed E-state index contributed by atoms with van der Waals surface area (Å²) in [7, 11) is 0. The van der Waals surface area contributed by atoms with Crippen molar-refractivity contribution in [3.63, 3.8) is 0 Å². The summed E-state index contributed by atoms with van der Waals surface area (Å²) in [5.74, 6) is -6.59. The Kier molecular flexibility index (Phi) is 13.9. The first kappa shape index (κ1) is 59.7. The van der Waals surface area contributed by atoms with E-state index in [0.717, 1.165) is 53.8 Å². The van der Waals surface area contributed by atoms with E-state index in [-0.39, 0.29) is 44.7 Å². The molecular formula is C76H78N4O8. The summed E-state index contributed by atoms with van der Waals surface area (Å²) in [4.78, 5) is 82.9. The van der Waals surface area contributed by atoms with Gasteiger partial charge >= 0.3 is 23.9 Å². The second kappa shape index (κ2) is 20.5. The van der Waals surface area contributed by atoms with Crippen LogP contribution in [-0.4, -0.2) is 43.8 Å². The first-order chi connectivity index (χ1) is 40.9. The summed E-state index contributed by atoms with van der Waals surface area (Å²) < 4.78 is 26.1. The van der Waals surface area contributed by atoms with Gasteiger partial charge in [-0.1, -0.05) is 184 Å². The molecule has 0 radical (unpaired) electrons. The summed E-state index contributed by atoms with van der Waals surface area (Å²) in [6, 6.07) is 8.11. The number of rotatable bonds is 11. The van der Waals surface area contributed by atoms with Crippen LogP contribution in [0.4, 0.5) is 0 Å². The van der Waals surface area contributed by atoms with Gasteiger partial charge in [-0.2, -0.15) is 0 Å². The van der Waals surface area contributed by atoms with Crippen molar-refractivity contribution in [1.82, 2.24) is 19.9 Å². The number of aromatic nitrogens is 4. The van der Waals surface area contributed by atoms with Crippen molar-refractivity contribution in [3.05, 3.63) is 160 Å². The largest absolute Gasteiger partial charge is 0.424 e. The molecule has 0 spiro atoms. The SMILES string of the molecule is CC1(C)C=C(OC(=O)CC(C(=O)OC2=CC(C)(C)C=c3cc4c(nc32)=CC(C)(C)C=C4)C(CC(=O)OC2=CC(C)(C)C=c3cc4c(nc32)=CC(C)(C)C=C4)C(=O)OC2=CC(C)(C)C=c3cc4c(nc32)=CC(C)(C)C=C4)c2nc3c(cc2=C1)C=CC(C)(C)C=3. The maximum absolute atomic E-state index is 15.9. The summed E-state index contributed by atoms with van der Waals surface area (Å²) in [6.07, 6.45) is 39.0. The highest BCUT2D eigenvalue weighted by atomic mass is 16.6. The molecule has 12 heteroatoms. The summed E-state index contributed by atoms with van der Waals surface area (Å²) in [5, 5.41) is 5.88. The molecule has 0 bridgehead atoms. The lowest BCUT2D eigenvalue weighted by atomic mass is 9.84. The molecular weight excluding hydrogens is 1100 g/mol. The number of nitrogens with zero attached hydrogens (tertiary/aromatic N) is 4. The van der Waals surface area contributed by atoms with Crippen LogP contribution in [0.5, 0.6) is 0 Å². The quantitative estimate of drug-likeness (QED) is 0.104. The van der Waals surface area contributed by atoms with E-state index in [1.807, 2.05) is 116 Å². The van der Waals surface area contributed by atoms with Crippen LogP contribution in [-0.2, 0) is 38.1 Å². The molecule has 0 aliphatic heterocycles. The van der Waals surface area contributed by atoms with E-state index in [1.165, 1.54) is 0 Å². The molecule has 12 rings (SSSR count). The number of pyridine rings is 4. The van der Waals surface area contributed by atoms with Gasteiger partial charge in [-0.25, -0.2) is 19.9 Å². The normalized spacial score (nSPS) is 21.3. The van der Waals surface area contributed by atoms with Gasteiger partial charge in [-0.3, -0.25) is 19.2 Å². The third-order valence-electron chi connectivity index (χ3n) is 17.0. The Morgan fingerprint density at radius 2 is 0.545 bits per heavy atom. The highest BCUT2D eigenvalue weighted by molar-refractivity contribution is 5.94. The van der Waals surface area contributed by atoms with Gasteiger partial charge < -0.3 is 18.9 Å². The number of fused-ring (bicyclic) bond motifs is 8. The van der Waals surface area contributed by atoms with E-state index in [4.69, 9.17) is 38.9 Å². The topological polar surface area (TPSA) is 157 Å². The third-order valence-corrected chi connectivity index (χ3v) is 17.0. The Morgan fingerprint density at radius 1 is 0.318 bits per heavy atom. The van der Waals surface area contributed by atoms with E-state index in [2.05, 4.69) is 140 Å². The lowest BCUT2D eigenvalue weighted by molar-refractivity contribution is -0.159. The zero-order chi connectivity index (χ0) is 63.1. The van der Waals surface area contributed by atoms with Crippen molar-refractivity contribution < 1.29 is 38.1 Å². The van der Waals surface area contributed by atoms with Crippen LogP contribution in [0.2, 0.25) is 0 Å². The van der Waals surface area contributed by atoms with Gasteiger partial charge in [0.2, 0.25) is 0 Å². The van der Waals surface area contributed by atoms with Gasteiger partial charge in [-0.05, 0) is 72.9 Å². The lowest BCUT2D eigenvalue weighted by Gasteiger charge is -2.29. The number of allylic oxidation sites excluding steroid dienone is 8. The monoisotopic (exact) mass is 1170 g/mol. The van der Waals surface area contributed by atoms with E-state index in [9.17, 15) is 0 Å². The Bertz CT molecular complexity index is 4360. The predicted molar refractivity (Wildman–Crippen MR) is 349 cm³/mol. The van der Waals surface area contributed by atoms with Gasteiger partial charge in [0, 0.05) is 86.4 Å². The molecule has 0 fully saturated rings. The zero-order valence-electron chi connectivity index (χ0n) is 53.5. The van der Waals surface area contributed by atoms with Crippen molar-refractivity contribution in [3.8, 4) is 0 Å². The molecule has 12 nitrogen and oxygen atoms in total. The van der Waals surface area contributed by atoms with E-state index in [1.54, 1.807) is 0 Å². The molecule has 2 atom stereocenters. The molecule has 4 heterocycles. The Labute approximate surface area is 514 Å². The number of carbonyl (C=O) groups is 4. The fourth-order valence-electron chi connectivity index (χ4n) is 12.8. The summed E-state index contributed by atoms with van der Waals surface area (Å²) >= 11 is 0. The highest BCUT2D eigenvalue weighted by Crippen LogP contribution is 2.38. The summed E-state index contributed by atoms with van der Waals surface area (Å²) in [5.41, 5.74) is 1.68. The van der Waals surface area contributed by atoms with Crippen molar-refractivity contribution >= 4 is 120 Å². The highest BCUT2D eigenvalue weighted by Gasteiger charge is 2.44. The van der Waals surface area contributed by atoms with Gasteiger partial charge in [0.05, 0.1) is 46.1 Å². The van der Waals surface area contributed by atoms with Crippen LogP contribution in [0.15, 0.2) is 72.9 Å². The van der Waals surface area contributed by atoms with Crippen molar-refractivity contribution in [1.29, 1.82) is 0 Å². The number of carbonyl (C=O) groups excluding carboxylic acids is 4. The van der Waals surface area contributed by atoms with Crippen LogP contribution in [0, 0.1) is 55.2 Å². The minimum Gasteiger partial charge on any atom is -0.424 e. The van der Waals surface area contributed by atoms with Gasteiger partial charge in [0.1, 0.15) is 22.8 Å². The van der Waals surface area contributed by atoms with E-state index < -0.39 is 70.2 Å². The van der Waals surface area contributed by atoms with Crippen LogP contribution in [0.3, 0.4) is 0 Å². The third kappa shape index (κ3) is 12.3. The van der Waals surface area contributed by atoms with E-state index >= 15 is 19.2 Å². The van der Waals surface area contributed by atoms with Crippen molar-refractivity contribution in [2.24, 2.45) is 55.2 Å². The average molecular weight is 1180 g/mol. The Balaban J connectivity index is 0.980. The average Bonchev–Trinajstić information content (AvgIpc) is 0.836. The molecule has 0 amide bonds.